The first kappa shape index (κ1) is 29.4. The minimum atomic E-state index is -4.63. The minimum Gasteiger partial charge on any atom is -0.481 e. The third-order valence-electron chi connectivity index (χ3n) is 6.21. The van der Waals surface area contributed by atoms with Crippen molar-refractivity contribution < 1.29 is 37.0 Å². The number of aliphatic carboxylic acids is 1. The second kappa shape index (κ2) is 13.1. The number of amides is 1. The van der Waals surface area contributed by atoms with Gasteiger partial charge >= 0.3 is 12.1 Å². The number of rotatable bonds is 12. The zero-order valence-electron chi connectivity index (χ0n) is 21.4. The second-order valence-electron chi connectivity index (χ2n) is 9.00. The average molecular weight is 548 g/mol. The Bertz CT molecular complexity index is 1270. The van der Waals surface area contributed by atoms with Crippen molar-refractivity contribution >= 4 is 17.6 Å². The van der Waals surface area contributed by atoms with E-state index in [9.17, 15) is 27.2 Å². The fourth-order valence-corrected chi connectivity index (χ4v) is 3.68. The number of carboxylic acid groups (broad SMARTS) is 1. The summed E-state index contributed by atoms with van der Waals surface area (Å²) in [7, 11) is 0. The Morgan fingerprint density at radius 1 is 1.08 bits per heavy atom. The van der Waals surface area contributed by atoms with E-state index in [1.807, 2.05) is 6.92 Å². The summed E-state index contributed by atoms with van der Waals surface area (Å²) < 4.78 is 58.6. The largest absolute Gasteiger partial charge is 0.481 e. The third kappa shape index (κ3) is 8.42. The lowest BCUT2D eigenvalue weighted by molar-refractivity contribution is -0.138. The van der Waals surface area contributed by atoms with Crippen molar-refractivity contribution in [2.45, 2.75) is 38.9 Å². The molecule has 208 valence electrons. The van der Waals surface area contributed by atoms with Crippen LogP contribution in [0.4, 0.5) is 23.2 Å². The molecule has 1 heterocycles. The van der Waals surface area contributed by atoms with Gasteiger partial charge in [0.2, 0.25) is 5.88 Å². The van der Waals surface area contributed by atoms with Crippen molar-refractivity contribution in [2.75, 3.05) is 18.5 Å². The van der Waals surface area contributed by atoms with E-state index >= 15 is 0 Å². The molecule has 3 aromatic rings. The first-order chi connectivity index (χ1) is 18.5. The van der Waals surface area contributed by atoms with Crippen LogP contribution in [0.1, 0.15) is 42.6 Å². The molecule has 2 aromatic carbocycles. The summed E-state index contributed by atoms with van der Waals surface area (Å²) in [6, 6.07) is 12.0. The number of pyridine rings is 1. The van der Waals surface area contributed by atoms with Gasteiger partial charge in [-0.15, -0.1) is 0 Å². The number of carbonyl (C=O) groups excluding carboxylic acids is 1. The van der Waals surface area contributed by atoms with E-state index < -0.39 is 23.5 Å². The lowest BCUT2D eigenvalue weighted by Crippen LogP contribution is -2.33. The number of aromatic nitrogens is 1. The number of ether oxygens (including phenoxy) is 1. The maximum atomic E-state index is 14.3. The highest BCUT2D eigenvalue weighted by Gasteiger charge is 2.31. The van der Waals surface area contributed by atoms with Crippen LogP contribution in [0.25, 0.3) is 11.1 Å². The van der Waals surface area contributed by atoms with Gasteiger partial charge in [0.1, 0.15) is 12.4 Å². The van der Waals surface area contributed by atoms with E-state index in [-0.39, 0.29) is 48.9 Å². The molecular weight excluding hydrogens is 518 g/mol. The highest BCUT2D eigenvalue weighted by Crippen LogP contribution is 2.33. The van der Waals surface area contributed by atoms with E-state index in [0.717, 1.165) is 24.2 Å². The molecule has 2 atom stereocenters. The highest BCUT2D eigenvalue weighted by molar-refractivity contribution is 5.94. The molecule has 0 aliphatic carbocycles. The fourth-order valence-electron chi connectivity index (χ4n) is 3.68. The Labute approximate surface area is 223 Å². The van der Waals surface area contributed by atoms with Crippen molar-refractivity contribution in [2.24, 2.45) is 5.92 Å². The number of halogens is 4. The van der Waals surface area contributed by atoms with Crippen molar-refractivity contribution in [3.8, 4) is 17.0 Å². The van der Waals surface area contributed by atoms with Gasteiger partial charge < -0.3 is 20.5 Å². The molecule has 3 N–H and O–H groups in total. The van der Waals surface area contributed by atoms with Gasteiger partial charge in [-0.1, -0.05) is 26.3 Å². The summed E-state index contributed by atoms with van der Waals surface area (Å²) in [4.78, 5) is 26.9. The molecule has 0 spiro atoms. The maximum absolute atomic E-state index is 14.3. The van der Waals surface area contributed by atoms with Gasteiger partial charge in [0, 0.05) is 41.2 Å². The van der Waals surface area contributed by atoms with Crippen LogP contribution < -0.4 is 15.4 Å². The smallest absolute Gasteiger partial charge is 0.416 e. The molecule has 3 rings (SSSR count). The number of alkyl halides is 3. The predicted octanol–water partition coefficient (Wildman–Crippen LogP) is 6.02. The lowest BCUT2D eigenvalue weighted by Gasteiger charge is -2.25. The zero-order valence-corrected chi connectivity index (χ0v) is 21.4. The number of anilines is 1. The first-order valence-electron chi connectivity index (χ1n) is 12.3. The van der Waals surface area contributed by atoms with Gasteiger partial charge in [0.05, 0.1) is 18.0 Å². The van der Waals surface area contributed by atoms with E-state index in [4.69, 9.17) is 9.84 Å². The summed E-state index contributed by atoms with van der Waals surface area (Å²) in [5.74, 6) is -1.88. The van der Waals surface area contributed by atoms with Gasteiger partial charge in [-0.05, 0) is 48.4 Å². The Balaban J connectivity index is 1.61. The summed E-state index contributed by atoms with van der Waals surface area (Å²) in [6.07, 6.45) is -2.60. The summed E-state index contributed by atoms with van der Waals surface area (Å²) >= 11 is 0. The molecule has 0 saturated carbocycles. The molecule has 0 saturated heterocycles. The monoisotopic (exact) mass is 547 g/mol. The number of nitrogens with zero attached hydrogens (tertiary/aromatic N) is 1. The van der Waals surface area contributed by atoms with Crippen molar-refractivity contribution in [1.29, 1.82) is 0 Å². The molecular formula is C28H29F4N3O4. The number of hydrogen-bond donors (Lipinski definition) is 3. The maximum Gasteiger partial charge on any atom is 0.416 e. The summed E-state index contributed by atoms with van der Waals surface area (Å²) in [5, 5.41) is 14.6. The van der Waals surface area contributed by atoms with Crippen molar-refractivity contribution in [3.63, 3.8) is 0 Å². The Morgan fingerprint density at radius 2 is 1.79 bits per heavy atom. The molecule has 39 heavy (non-hydrogen) atoms. The van der Waals surface area contributed by atoms with Crippen LogP contribution >= 0.6 is 0 Å². The SMILES string of the molecule is CC[C@H](C)[C@@H](COc1ccc(-c2ccc(C(F)(F)F)cc2F)cn1)Nc1ccc(C(=O)NCCC(=O)O)cc1. The van der Waals surface area contributed by atoms with Gasteiger partial charge in [0.15, 0.2) is 0 Å². The molecule has 0 radical (unpaired) electrons. The Kier molecular flexibility index (Phi) is 9.86. The molecule has 0 bridgehead atoms. The molecule has 7 nitrogen and oxygen atoms in total. The second-order valence-corrected chi connectivity index (χ2v) is 9.00. The van der Waals surface area contributed by atoms with Crippen LogP contribution in [0, 0.1) is 11.7 Å². The molecule has 0 fully saturated rings. The number of carboxylic acids is 1. The normalized spacial score (nSPS) is 12.9. The number of benzene rings is 2. The number of hydrogen-bond acceptors (Lipinski definition) is 5. The van der Waals surface area contributed by atoms with Crippen LogP contribution in [-0.4, -0.2) is 41.2 Å². The van der Waals surface area contributed by atoms with E-state index in [2.05, 4.69) is 22.5 Å². The van der Waals surface area contributed by atoms with Gasteiger partial charge in [0.25, 0.3) is 5.91 Å². The highest BCUT2D eigenvalue weighted by atomic mass is 19.4. The van der Waals surface area contributed by atoms with Crippen LogP contribution in [0.15, 0.2) is 60.8 Å². The van der Waals surface area contributed by atoms with E-state index in [0.29, 0.717) is 17.2 Å². The molecule has 1 aromatic heterocycles. The molecule has 11 heteroatoms. The fraction of sp³-hybridized carbons (Fsp3) is 0.321. The molecule has 0 unspecified atom stereocenters. The molecule has 0 aliphatic rings. The van der Waals surface area contributed by atoms with E-state index in [1.165, 1.54) is 18.3 Å². The van der Waals surface area contributed by atoms with Crippen molar-refractivity contribution in [1.82, 2.24) is 10.3 Å². The number of carbonyl (C=O) groups is 2. The van der Waals surface area contributed by atoms with Gasteiger partial charge in [-0.3, -0.25) is 9.59 Å². The third-order valence-corrected chi connectivity index (χ3v) is 6.21. The predicted molar refractivity (Wildman–Crippen MR) is 138 cm³/mol. The standard InChI is InChI=1S/C28H29F4N3O4/c1-3-17(2)24(35-21-8-4-18(5-9-21)27(38)33-13-12-26(36)37)16-39-25-11-6-19(15-34-25)22-10-7-20(14-23(22)29)28(30,31)32/h4-11,14-15,17,24,35H,3,12-13,16H2,1-2H3,(H,33,38)(H,36,37)/t17-,24+/m0/s1. The minimum absolute atomic E-state index is 0.000197. The summed E-state index contributed by atoms with van der Waals surface area (Å²) in [6.45, 7) is 4.37. The van der Waals surface area contributed by atoms with Crippen LogP contribution in [-0.2, 0) is 11.0 Å². The van der Waals surface area contributed by atoms with Crippen LogP contribution in [0.2, 0.25) is 0 Å². The van der Waals surface area contributed by atoms with E-state index in [1.54, 1.807) is 24.3 Å². The molecule has 1 amide bonds. The average Bonchev–Trinajstić information content (AvgIpc) is 2.90. The van der Waals surface area contributed by atoms with Crippen molar-refractivity contribution in [3.05, 3.63) is 77.7 Å². The van der Waals surface area contributed by atoms with Crippen LogP contribution in [0.3, 0.4) is 0 Å². The van der Waals surface area contributed by atoms with Gasteiger partial charge in [-0.25, -0.2) is 9.37 Å². The Hall–Kier alpha value is -4.15. The summed E-state index contributed by atoms with van der Waals surface area (Å²) in [5.41, 5.74) is 0.412. The molecule has 0 aliphatic heterocycles. The van der Waals surface area contributed by atoms with Crippen LogP contribution in [0.5, 0.6) is 5.88 Å². The van der Waals surface area contributed by atoms with Gasteiger partial charge in [-0.2, -0.15) is 13.2 Å². The zero-order chi connectivity index (χ0) is 28.6. The Morgan fingerprint density at radius 3 is 2.36 bits per heavy atom. The first-order valence-corrected chi connectivity index (χ1v) is 12.3. The lowest BCUT2D eigenvalue weighted by atomic mass is 9.99. The topological polar surface area (TPSA) is 101 Å². The quantitative estimate of drug-likeness (QED) is 0.240. The number of nitrogens with one attached hydrogen (secondary N) is 2.